The van der Waals surface area contributed by atoms with Crippen LogP contribution in [0.3, 0.4) is 0 Å². The zero-order chi connectivity index (χ0) is 11.9. The SMILES string of the molecule is O=c1c(NCC2(O)CNC2)nccn1C1CC1. The molecule has 92 valence electrons. The second kappa shape index (κ2) is 3.82. The van der Waals surface area contributed by atoms with Gasteiger partial charge in [-0.2, -0.15) is 0 Å². The van der Waals surface area contributed by atoms with Gasteiger partial charge < -0.3 is 20.3 Å². The van der Waals surface area contributed by atoms with Gasteiger partial charge >= 0.3 is 0 Å². The van der Waals surface area contributed by atoms with Crippen molar-refractivity contribution in [2.75, 3.05) is 25.0 Å². The number of hydrogen-bond donors (Lipinski definition) is 3. The highest BCUT2D eigenvalue weighted by atomic mass is 16.3. The van der Waals surface area contributed by atoms with Crippen LogP contribution in [0.2, 0.25) is 0 Å². The fraction of sp³-hybridized carbons (Fsp3) is 0.636. The Bertz CT molecular complexity index is 477. The molecule has 0 radical (unpaired) electrons. The van der Waals surface area contributed by atoms with Crippen LogP contribution in [0.1, 0.15) is 18.9 Å². The molecule has 2 fully saturated rings. The van der Waals surface area contributed by atoms with Crippen molar-refractivity contribution in [1.29, 1.82) is 0 Å². The molecule has 1 saturated heterocycles. The summed E-state index contributed by atoms with van der Waals surface area (Å²) in [6.07, 6.45) is 5.49. The Morgan fingerprint density at radius 1 is 1.59 bits per heavy atom. The molecule has 0 spiro atoms. The zero-order valence-corrected chi connectivity index (χ0v) is 9.52. The minimum Gasteiger partial charge on any atom is -0.385 e. The summed E-state index contributed by atoms with van der Waals surface area (Å²) < 4.78 is 1.72. The summed E-state index contributed by atoms with van der Waals surface area (Å²) >= 11 is 0. The summed E-state index contributed by atoms with van der Waals surface area (Å²) in [5, 5.41) is 15.8. The normalized spacial score (nSPS) is 21.9. The molecule has 1 aromatic rings. The van der Waals surface area contributed by atoms with Crippen molar-refractivity contribution in [2.24, 2.45) is 0 Å². The molecule has 0 aromatic carbocycles. The van der Waals surface area contributed by atoms with Crippen molar-refractivity contribution in [2.45, 2.75) is 24.5 Å². The lowest BCUT2D eigenvalue weighted by atomic mass is 9.97. The molecule has 3 N–H and O–H groups in total. The highest BCUT2D eigenvalue weighted by molar-refractivity contribution is 5.32. The smallest absolute Gasteiger partial charge is 0.293 e. The van der Waals surface area contributed by atoms with Crippen molar-refractivity contribution in [3.63, 3.8) is 0 Å². The lowest BCUT2D eigenvalue weighted by Crippen LogP contribution is -2.63. The molecule has 2 heterocycles. The van der Waals surface area contributed by atoms with E-state index < -0.39 is 5.60 Å². The van der Waals surface area contributed by atoms with Gasteiger partial charge in [0.15, 0.2) is 5.82 Å². The third-order valence-corrected chi connectivity index (χ3v) is 3.30. The molecule has 1 aromatic heterocycles. The molecule has 6 heteroatoms. The van der Waals surface area contributed by atoms with Gasteiger partial charge in [0.2, 0.25) is 0 Å². The number of aromatic nitrogens is 2. The molecule has 0 unspecified atom stereocenters. The minimum absolute atomic E-state index is 0.0918. The highest BCUT2D eigenvalue weighted by Crippen LogP contribution is 2.33. The van der Waals surface area contributed by atoms with E-state index in [-0.39, 0.29) is 5.56 Å². The van der Waals surface area contributed by atoms with Crippen LogP contribution in [0.5, 0.6) is 0 Å². The fourth-order valence-electron chi connectivity index (χ4n) is 1.97. The van der Waals surface area contributed by atoms with E-state index in [2.05, 4.69) is 15.6 Å². The third kappa shape index (κ3) is 2.05. The van der Waals surface area contributed by atoms with Crippen molar-refractivity contribution < 1.29 is 5.11 Å². The Kier molecular flexibility index (Phi) is 2.41. The maximum Gasteiger partial charge on any atom is 0.293 e. The van der Waals surface area contributed by atoms with Crippen molar-refractivity contribution in [1.82, 2.24) is 14.9 Å². The van der Waals surface area contributed by atoms with E-state index in [1.807, 2.05) is 0 Å². The summed E-state index contributed by atoms with van der Waals surface area (Å²) in [5.74, 6) is 0.333. The Morgan fingerprint density at radius 3 is 2.94 bits per heavy atom. The number of anilines is 1. The van der Waals surface area contributed by atoms with Crippen LogP contribution in [-0.2, 0) is 0 Å². The molecular weight excluding hydrogens is 220 g/mol. The fourth-order valence-corrected chi connectivity index (χ4v) is 1.97. The third-order valence-electron chi connectivity index (χ3n) is 3.30. The summed E-state index contributed by atoms with van der Waals surface area (Å²) in [6, 6.07) is 0.347. The second-order valence-electron chi connectivity index (χ2n) is 4.90. The lowest BCUT2D eigenvalue weighted by molar-refractivity contribution is 0.00303. The average molecular weight is 236 g/mol. The van der Waals surface area contributed by atoms with Crippen LogP contribution < -0.4 is 16.2 Å². The van der Waals surface area contributed by atoms with E-state index in [4.69, 9.17) is 0 Å². The Labute approximate surface area is 98.7 Å². The molecule has 1 aliphatic carbocycles. The predicted octanol–water partition coefficient (Wildman–Crippen LogP) is -0.676. The maximum atomic E-state index is 12.0. The summed E-state index contributed by atoms with van der Waals surface area (Å²) in [6.45, 7) is 1.48. The van der Waals surface area contributed by atoms with Crippen LogP contribution in [0.15, 0.2) is 17.2 Å². The number of aliphatic hydroxyl groups is 1. The quantitative estimate of drug-likeness (QED) is 0.646. The summed E-state index contributed by atoms with van der Waals surface area (Å²) in [5.41, 5.74) is -0.833. The summed E-state index contributed by atoms with van der Waals surface area (Å²) in [7, 11) is 0. The van der Waals surface area contributed by atoms with Gasteiger partial charge in [-0.15, -0.1) is 0 Å². The summed E-state index contributed by atoms with van der Waals surface area (Å²) in [4.78, 5) is 16.0. The van der Waals surface area contributed by atoms with E-state index in [1.165, 1.54) is 0 Å². The molecule has 3 rings (SSSR count). The van der Waals surface area contributed by atoms with Gasteiger partial charge in [-0.1, -0.05) is 0 Å². The zero-order valence-electron chi connectivity index (χ0n) is 9.52. The molecule has 1 aliphatic heterocycles. The molecule has 6 nitrogen and oxygen atoms in total. The minimum atomic E-state index is -0.742. The van der Waals surface area contributed by atoms with E-state index in [0.717, 1.165) is 12.8 Å². The van der Waals surface area contributed by atoms with Crippen molar-refractivity contribution in [3.8, 4) is 0 Å². The van der Waals surface area contributed by atoms with Gasteiger partial charge in [-0.05, 0) is 12.8 Å². The first-order valence-electron chi connectivity index (χ1n) is 5.92. The van der Waals surface area contributed by atoms with Gasteiger partial charge in [0.25, 0.3) is 5.56 Å². The highest BCUT2D eigenvalue weighted by Gasteiger charge is 2.34. The lowest BCUT2D eigenvalue weighted by Gasteiger charge is -2.37. The molecule has 0 atom stereocenters. The van der Waals surface area contributed by atoms with Crippen LogP contribution in [0, 0.1) is 0 Å². The second-order valence-corrected chi connectivity index (χ2v) is 4.90. The van der Waals surface area contributed by atoms with Crippen LogP contribution in [-0.4, -0.2) is 39.9 Å². The first kappa shape index (κ1) is 10.7. The predicted molar refractivity (Wildman–Crippen MR) is 63.1 cm³/mol. The molecule has 0 bridgehead atoms. The maximum absolute atomic E-state index is 12.0. The van der Waals surface area contributed by atoms with E-state index in [9.17, 15) is 9.90 Å². The monoisotopic (exact) mass is 236 g/mol. The Hall–Kier alpha value is -1.40. The van der Waals surface area contributed by atoms with Gasteiger partial charge in [0, 0.05) is 38.1 Å². The van der Waals surface area contributed by atoms with Crippen molar-refractivity contribution in [3.05, 3.63) is 22.7 Å². The standard InChI is InChI=1S/C11H16N4O2/c16-10-9(14-7-11(17)5-12-6-11)13-3-4-15(10)8-1-2-8/h3-4,8,12,17H,1-2,5-7H2,(H,13,14). The first-order valence-corrected chi connectivity index (χ1v) is 5.92. The van der Waals surface area contributed by atoms with Gasteiger partial charge in [0.1, 0.15) is 5.60 Å². The molecule has 17 heavy (non-hydrogen) atoms. The van der Waals surface area contributed by atoms with E-state index in [1.54, 1.807) is 17.0 Å². The van der Waals surface area contributed by atoms with Gasteiger partial charge in [-0.25, -0.2) is 4.98 Å². The Balaban J connectivity index is 1.74. The van der Waals surface area contributed by atoms with E-state index >= 15 is 0 Å². The first-order chi connectivity index (χ1) is 8.18. The average Bonchev–Trinajstić information content (AvgIpc) is 3.09. The molecular formula is C11H16N4O2. The van der Waals surface area contributed by atoms with Gasteiger partial charge in [-0.3, -0.25) is 4.79 Å². The molecule has 1 saturated carbocycles. The number of nitrogens with one attached hydrogen (secondary N) is 2. The largest absolute Gasteiger partial charge is 0.385 e. The molecule has 2 aliphatic rings. The topological polar surface area (TPSA) is 79.2 Å². The Morgan fingerprint density at radius 2 is 2.35 bits per heavy atom. The number of β-amino-alcohol motifs (C(OH)–C–C–N with tert-alkyl or cyclic N) is 1. The molecule has 0 amide bonds. The van der Waals surface area contributed by atoms with Crippen molar-refractivity contribution >= 4 is 5.82 Å². The van der Waals surface area contributed by atoms with Crippen LogP contribution in [0.4, 0.5) is 5.82 Å². The number of rotatable bonds is 4. The van der Waals surface area contributed by atoms with E-state index in [0.29, 0.717) is 31.5 Å². The van der Waals surface area contributed by atoms with Gasteiger partial charge in [0.05, 0.1) is 0 Å². The van der Waals surface area contributed by atoms with Crippen LogP contribution >= 0.6 is 0 Å². The van der Waals surface area contributed by atoms with Crippen LogP contribution in [0.25, 0.3) is 0 Å². The number of hydrogen-bond acceptors (Lipinski definition) is 5. The number of nitrogens with zero attached hydrogens (tertiary/aromatic N) is 2.